The van der Waals surface area contributed by atoms with Gasteiger partial charge in [-0.3, -0.25) is 0 Å². The molecule has 1 saturated carbocycles. The van der Waals surface area contributed by atoms with E-state index in [9.17, 15) is 0 Å². The van der Waals surface area contributed by atoms with Crippen molar-refractivity contribution in [3.8, 4) is 0 Å². The third-order valence-electron chi connectivity index (χ3n) is 5.40. The van der Waals surface area contributed by atoms with E-state index >= 15 is 0 Å². The molecule has 0 saturated heterocycles. The van der Waals surface area contributed by atoms with Crippen molar-refractivity contribution < 1.29 is 8.97 Å². The molecule has 2 aliphatic carbocycles. The molecule has 0 amide bonds. The fraction of sp³-hybridized carbons (Fsp3) is 0.647. The number of quaternary nitrogens is 2. The molecule has 0 aromatic heterocycles. The average molecular weight is 260 g/mol. The van der Waals surface area contributed by atoms with Crippen LogP contribution < -0.4 is 0 Å². The van der Waals surface area contributed by atoms with Gasteiger partial charge in [-0.25, -0.2) is 0 Å². The minimum Gasteiger partial charge on any atom is -0.328 e. The first-order valence-electron chi connectivity index (χ1n) is 7.42. The lowest BCUT2D eigenvalue weighted by atomic mass is 9.67. The second kappa shape index (κ2) is 3.83. The zero-order valence-electron chi connectivity index (χ0n) is 13.2. The van der Waals surface area contributed by atoms with Crippen LogP contribution in [0.2, 0.25) is 0 Å². The summed E-state index contributed by atoms with van der Waals surface area (Å²) in [6.07, 6.45) is 1.34. The van der Waals surface area contributed by atoms with Gasteiger partial charge in [-0.1, -0.05) is 24.3 Å². The highest BCUT2D eigenvalue weighted by molar-refractivity contribution is 5.48. The van der Waals surface area contributed by atoms with Gasteiger partial charge in [0.15, 0.2) is 0 Å². The quantitative estimate of drug-likeness (QED) is 0.717. The molecule has 19 heavy (non-hydrogen) atoms. The Labute approximate surface area is 117 Å². The van der Waals surface area contributed by atoms with Crippen LogP contribution in [0.15, 0.2) is 24.3 Å². The predicted octanol–water partition coefficient (Wildman–Crippen LogP) is 2.42. The molecule has 1 fully saturated rings. The summed E-state index contributed by atoms with van der Waals surface area (Å²) < 4.78 is 2.18. The van der Waals surface area contributed by atoms with E-state index in [2.05, 4.69) is 66.6 Å². The van der Waals surface area contributed by atoms with E-state index in [-0.39, 0.29) is 0 Å². The summed E-state index contributed by atoms with van der Waals surface area (Å²) in [5, 5.41) is 0. The second-order valence-electron chi connectivity index (χ2n) is 8.28. The van der Waals surface area contributed by atoms with Gasteiger partial charge in [0.2, 0.25) is 0 Å². The van der Waals surface area contributed by atoms with E-state index in [4.69, 9.17) is 0 Å². The topological polar surface area (TPSA) is 0 Å². The van der Waals surface area contributed by atoms with Crippen molar-refractivity contribution in [2.45, 2.75) is 30.3 Å². The molecule has 0 spiro atoms. The maximum atomic E-state index is 2.36. The van der Waals surface area contributed by atoms with Crippen molar-refractivity contribution >= 4 is 0 Å². The maximum Gasteiger partial charge on any atom is 0.102 e. The lowest BCUT2D eigenvalue weighted by molar-refractivity contribution is -0.911. The summed E-state index contributed by atoms with van der Waals surface area (Å²) in [7, 11) is 14.2. The highest BCUT2D eigenvalue weighted by Gasteiger charge is 2.60. The van der Waals surface area contributed by atoms with Gasteiger partial charge in [0.25, 0.3) is 0 Å². The molecule has 2 heteroatoms. The van der Waals surface area contributed by atoms with E-state index in [1.807, 2.05) is 0 Å². The summed E-state index contributed by atoms with van der Waals surface area (Å²) in [5.41, 5.74) is 3.25. The molecule has 2 aliphatic rings. The minimum atomic E-state index is 0.766. The van der Waals surface area contributed by atoms with Crippen LogP contribution in [0.4, 0.5) is 0 Å². The molecule has 1 aromatic carbocycles. The van der Waals surface area contributed by atoms with E-state index in [1.165, 1.54) is 6.42 Å². The van der Waals surface area contributed by atoms with Crippen molar-refractivity contribution in [3.05, 3.63) is 35.4 Å². The lowest BCUT2D eigenvalue weighted by Gasteiger charge is -2.44. The molecule has 1 aromatic rings. The number of nitrogens with zero attached hydrogens (tertiary/aromatic N) is 2. The number of hydrogen-bond acceptors (Lipinski definition) is 0. The van der Waals surface area contributed by atoms with Crippen molar-refractivity contribution in [3.63, 3.8) is 0 Å². The number of rotatable bonds is 2. The average Bonchev–Trinajstić information content (AvgIpc) is 2.60. The van der Waals surface area contributed by atoms with Crippen LogP contribution in [0.1, 0.15) is 29.4 Å². The molecular formula is C17H28N2+2. The summed E-state index contributed by atoms with van der Waals surface area (Å²) in [6, 6.07) is 10.7. The third-order valence-corrected chi connectivity index (χ3v) is 5.40. The SMILES string of the molecule is C[N+](C)(C)[C@@H]1C[C@@H]([N+](C)(C)C)[C@H]2c3ccccc3[C@@H]21. The first-order valence-corrected chi connectivity index (χ1v) is 7.42. The van der Waals surface area contributed by atoms with E-state index < -0.39 is 0 Å². The summed E-state index contributed by atoms with van der Waals surface area (Å²) >= 11 is 0. The van der Waals surface area contributed by atoms with Gasteiger partial charge >= 0.3 is 0 Å². The van der Waals surface area contributed by atoms with Crippen molar-refractivity contribution in [1.82, 2.24) is 0 Å². The van der Waals surface area contributed by atoms with Crippen LogP contribution in [0.5, 0.6) is 0 Å². The first-order chi connectivity index (χ1) is 8.71. The van der Waals surface area contributed by atoms with Crippen LogP contribution in [-0.2, 0) is 0 Å². The summed E-state index contributed by atoms with van der Waals surface area (Å²) in [6.45, 7) is 0. The molecule has 104 valence electrons. The summed E-state index contributed by atoms with van der Waals surface area (Å²) in [5.74, 6) is 1.55. The zero-order chi connectivity index (χ0) is 14.0. The van der Waals surface area contributed by atoms with Gasteiger partial charge in [0, 0.05) is 11.8 Å². The van der Waals surface area contributed by atoms with Gasteiger partial charge in [0.1, 0.15) is 12.1 Å². The Morgan fingerprint density at radius 3 is 1.42 bits per heavy atom. The van der Waals surface area contributed by atoms with Gasteiger partial charge in [-0.15, -0.1) is 0 Å². The van der Waals surface area contributed by atoms with Gasteiger partial charge in [-0.05, 0) is 11.1 Å². The largest absolute Gasteiger partial charge is 0.328 e. The van der Waals surface area contributed by atoms with E-state index in [0.717, 1.165) is 32.9 Å². The molecule has 3 rings (SSSR count). The highest BCUT2D eigenvalue weighted by atomic mass is 15.4. The van der Waals surface area contributed by atoms with Crippen LogP contribution in [0.3, 0.4) is 0 Å². The van der Waals surface area contributed by atoms with Gasteiger partial charge in [0.05, 0.1) is 48.7 Å². The predicted molar refractivity (Wildman–Crippen MR) is 80.2 cm³/mol. The Bertz CT molecular complexity index is 448. The molecule has 0 radical (unpaired) electrons. The Morgan fingerprint density at radius 2 is 1.11 bits per heavy atom. The van der Waals surface area contributed by atoms with E-state index in [0.29, 0.717) is 0 Å². The highest BCUT2D eigenvalue weighted by Crippen LogP contribution is 2.59. The Kier molecular flexibility index (Phi) is 2.65. The molecule has 0 heterocycles. The lowest BCUT2D eigenvalue weighted by Crippen LogP contribution is -2.48. The maximum absolute atomic E-state index is 2.36. The standard InChI is InChI=1S/C17H28N2/c1-18(2,3)14-11-15(19(4,5)6)17-13-10-8-7-9-12(13)16(14)17/h7-10,14-17H,11H2,1-6H3/q+2/t14-,15-,16-,17-/m1/s1. The molecule has 2 nitrogen and oxygen atoms in total. The first kappa shape index (κ1) is 13.1. The van der Waals surface area contributed by atoms with Crippen LogP contribution >= 0.6 is 0 Å². The Hall–Kier alpha value is -0.860. The van der Waals surface area contributed by atoms with Crippen LogP contribution in [0.25, 0.3) is 0 Å². The van der Waals surface area contributed by atoms with E-state index in [1.54, 1.807) is 11.1 Å². The number of likely N-dealkylation sites (N-methyl/N-ethyl adjacent to an activating group) is 2. The number of benzene rings is 1. The fourth-order valence-electron chi connectivity index (χ4n) is 4.44. The molecule has 0 bridgehead atoms. The zero-order valence-corrected chi connectivity index (χ0v) is 13.2. The molecular weight excluding hydrogens is 232 g/mol. The van der Waals surface area contributed by atoms with Crippen molar-refractivity contribution in [2.75, 3.05) is 42.3 Å². The smallest absolute Gasteiger partial charge is 0.102 e. The third kappa shape index (κ3) is 1.85. The fourth-order valence-corrected chi connectivity index (χ4v) is 4.44. The van der Waals surface area contributed by atoms with Crippen molar-refractivity contribution in [1.29, 1.82) is 0 Å². The normalized spacial score (nSPS) is 33.6. The molecule has 4 atom stereocenters. The molecule has 0 aliphatic heterocycles. The monoisotopic (exact) mass is 260 g/mol. The molecule has 0 unspecified atom stereocenters. The van der Waals surface area contributed by atoms with Crippen LogP contribution in [-0.4, -0.2) is 63.3 Å². The second-order valence-corrected chi connectivity index (χ2v) is 8.28. The number of hydrogen-bond donors (Lipinski definition) is 0. The van der Waals surface area contributed by atoms with Gasteiger partial charge in [-0.2, -0.15) is 0 Å². The van der Waals surface area contributed by atoms with Crippen LogP contribution in [0, 0.1) is 0 Å². The summed E-state index contributed by atoms with van der Waals surface area (Å²) in [4.78, 5) is 0. The Morgan fingerprint density at radius 1 is 0.737 bits per heavy atom. The van der Waals surface area contributed by atoms with Gasteiger partial charge < -0.3 is 8.97 Å². The minimum absolute atomic E-state index is 0.766. The number of fused-ring (bicyclic) bond motifs is 4. The van der Waals surface area contributed by atoms with Crippen molar-refractivity contribution in [2.24, 2.45) is 0 Å². The Balaban J connectivity index is 2.04. The molecule has 0 N–H and O–H groups in total.